The van der Waals surface area contributed by atoms with Crippen molar-refractivity contribution in [2.45, 2.75) is 26.7 Å². The highest BCUT2D eigenvalue weighted by atomic mass is 79.9. The van der Waals surface area contributed by atoms with Gasteiger partial charge in [-0.3, -0.25) is 0 Å². The number of hydrogen-bond acceptors (Lipinski definition) is 4. The van der Waals surface area contributed by atoms with Gasteiger partial charge in [0.05, 0.1) is 0 Å². The first-order valence-corrected chi connectivity index (χ1v) is 7.44. The van der Waals surface area contributed by atoms with Crippen molar-refractivity contribution in [3.05, 3.63) is 40.6 Å². The van der Waals surface area contributed by atoms with Gasteiger partial charge in [0.2, 0.25) is 5.88 Å². The molecule has 5 heteroatoms. The lowest BCUT2D eigenvalue weighted by Gasteiger charge is -2.11. The largest absolute Gasteiger partial charge is 0.439 e. The quantitative estimate of drug-likeness (QED) is 0.868. The Morgan fingerprint density at radius 1 is 1.25 bits per heavy atom. The van der Waals surface area contributed by atoms with Gasteiger partial charge in [0.1, 0.15) is 17.4 Å². The highest BCUT2D eigenvalue weighted by Gasteiger charge is 2.09. The summed E-state index contributed by atoms with van der Waals surface area (Å²) in [5.74, 6) is 3.11. The van der Waals surface area contributed by atoms with Gasteiger partial charge in [-0.15, -0.1) is 0 Å². The zero-order valence-electron chi connectivity index (χ0n) is 11.9. The molecule has 1 aromatic heterocycles. The zero-order valence-corrected chi connectivity index (χ0v) is 13.4. The van der Waals surface area contributed by atoms with Crippen LogP contribution in [0, 0.1) is 0 Å². The summed E-state index contributed by atoms with van der Waals surface area (Å²) in [6.07, 6.45) is 0. The molecular weight excluding hydrogens is 318 g/mol. The van der Waals surface area contributed by atoms with Crippen molar-refractivity contribution in [3.63, 3.8) is 0 Å². The summed E-state index contributed by atoms with van der Waals surface area (Å²) in [7, 11) is 0. The minimum Gasteiger partial charge on any atom is -0.439 e. The van der Waals surface area contributed by atoms with E-state index in [2.05, 4.69) is 45.1 Å². The molecule has 0 bridgehead atoms. The molecule has 2 rings (SSSR count). The zero-order chi connectivity index (χ0) is 14.5. The average molecular weight is 336 g/mol. The summed E-state index contributed by atoms with van der Waals surface area (Å²) in [5, 5.41) is 3.20. The van der Waals surface area contributed by atoms with Crippen molar-refractivity contribution in [3.8, 4) is 11.6 Å². The van der Waals surface area contributed by atoms with Crippen LogP contribution in [0.4, 0.5) is 5.82 Å². The predicted molar refractivity (Wildman–Crippen MR) is 84.5 cm³/mol. The third kappa shape index (κ3) is 3.93. The smallest absolute Gasteiger partial charge is 0.224 e. The van der Waals surface area contributed by atoms with Crippen LogP contribution in [-0.2, 0) is 0 Å². The Morgan fingerprint density at radius 3 is 2.70 bits per heavy atom. The fourth-order valence-electron chi connectivity index (χ4n) is 1.68. The van der Waals surface area contributed by atoms with Crippen LogP contribution in [0.3, 0.4) is 0 Å². The number of ether oxygens (including phenoxy) is 1. The first-order chi connectivity index (χ1) is 9.58. The van der Waals surface area contributed by atoms with E-state index in [-0.39, 0.29) is 5.92 Å². The van der Waals surface area contributed by atoms with Crippen LogP contribution >= 0.6 is 15.9 Å². The van der Waals surface area contributed by atoms with Gasteiger partial charge in [-0.2, -0.15) is 4.98 Å². The van der Waals surface area contributed by atoms with Gasteiger partial charge >= 0.3 is 0 Å². The minimum atomic E-state index is 0.249. The number of benzene rings is 1. The number of halogens is 1. The van der Waals surface area contributed by atoms with E-state index in [4.69, 9.17) is 4.74 Å². The summed E-state index contributed by atoms with van der Waals surface area (Å²) < 4.78 is 6.79. The van der Waals surface area contributed by atoms with Crippen molar-refractivity contribution in [1.29, 1.82) is 0 Å². The first kappa shape index (κ1) is 14.8. The highest BCUT2D eigenvalue weighted by molar-refractivity contribution is 9.10. The molecule has 2 aromatic rings. The van der Waals surface area contributed by atoms with E-state index < -0.39 is 0 Å². The van der Waals surface area contributed by atoms with E-state index >= 15 is 0 Å². The highest BCUT2D eigenvalue weighted by Crippen LogP contribution is 2.25. The van der Waals surface area contributed by atoms with Crippen molar-refractivity contribution < 1.29 is 4.74 Å². The Balaban J connectivity index is 2.30. The first-order valence-electron chi connectivity index (χ1n) is 6.64. The van der Waals surface area contributed by atoms with Crippen LogP contribution in [0.2, 0.25) is 0 Å². The summed E-state index contributed by atoms with van der Waals surface area (Å²) in [6.45, 7) is 6.97. The number of aromatic nitrogens is 2. The van der Waals surface area contributed by atoms with Crippen LogP contribution < -0.4 is 10.1 Å². The molecule has 1 heterocycles. The van der Waals surface area contributed by atoms with E-state index in [9.17, 15) is 0 Å². The van der Waals surface area contributed by atoms with Crippen LogP contribution in [0.15, 0.2) is 34.8 Å². The Labute approximate surface area is 127 Å². The summed E-state index contributed by atoms with van der Waals surface area (Å²) in [6, 6.07) is 9.50. The number of anilines is 1. The van der Waals surface area contributed by atoms with E-state index in [0.29, 0.717) is 5.88 Å². The van der Waals surface area contributed by atoms with Gasteiger partial charge in [-0.25, -0.2) is 4.98 Å². The standard InChI is InChI=1S/C15H18BrN3O/c1-4-17-13-9-14(19-15(18-13)10(2)3)20-12-7-5-6-11(16)8-12/h5-10H,4H2,1-3H3,(H,17,18,19). The Hall–Kier alpha value is -1.62. The Morgan fingerprint density at radius 2 is 2.05 bits per heavy atom. The molecule has 0 radical (unpaired) electrons. The van der Waals surface area contributed by atoms with Crippen molar-refractivity contribution in [1.82, 2.24) is 9.97 Å². The molecule has 20 heavy (non-hydrogen) atoms. The second-order valence-electron chi connectivity index (χ2n) is 4.69. The molecule has 0 fully saturated rings. The molecule has 0 saturated heterocycles. The van der Waals surface area contributed by atoms with Gasteiger partial charge in [0.25, 0.3) is 0 Å². The summed E-state index contributed by atoms with van der Waals surface area (Å²) in [4.78, 5) is 8.92. The molecule has 0 saturated carbocycles. The van der Waals surface area contributed by atoms with Gasteiger partial charge in [-0.1, -0.05) is 35.8 Å². The number of nitrogens with one attached hydrogen (secondary N) is 1. The molecule has 0 spiro atoms. The van der Waals surface area contributed by atoms with E-state index in [0.717, 1.165) is 28.4 Å². The van der Waals surface area contributed by atoms with Gasteiger partial charge in [-0.05, 0) is 25.1 Å². The van der Waals surface area contributed by atoms with Crippen molar-refractivity contribution in [2.24, 2.45) is 0 Å². The maximum atomic E-state index is 5.82. The van der Waals surface area contributed by atoms with Gasteiger partial charge < -0.3 is 10.1 Å². The van der Waals surface area contributed by atoms with E-state index in [1.165, 1.54) is 0 Å². The fourth-order valence-corrected chi connectivity index (χ4v) is 2.05. The fraction of sp³-hybridized carbons (Fsp3) is 0.333. The molecule has 1 aromatic carbocycles. The third-order valence-electron chi connectivity index (χ3n) is 2.61. The molecule has 0 atom stereocenters. The van der Waals surface area contributed by atoms with E-state index in [1.807, 2.05) is 37.3 Å². The molecular formula is C15H18BrN3O. The third-order valence-corrected chi connectivity index (χ3v) is 3.11. The molecule has 0 unspecified atom stereocenters. The number of rotatable bonds is 5. The minimum absolute atomic E-state index is 0.249. The second-order valence-corrected chi connectivity index (χ2v) is 5.61. The monoisotopic (exact) mass is 335 g/mol. The number of nitrogens with zero attached hydrogens (tertiary/aromatic N) is 2. The van der Waals surface area contributed by atoms with Crippen LogP contribution in [0.1, 0.15) is 32.5 Å². The SMILES string of the molecule is CCNc1cc(Oc2cccc(Br)c2)nc(C(C)C)n1. The molecule has 4 nitrogen and oxygen atoms in total. The normalized spacial score (nSPS) is 10.7. The van der Waals surface area contributed by atoms with Crippen LogP contribution in [0.25, 0.3) is 0 Å². The molecule has 106 valence electrons. The topological polar surface area (TPSA) is 47.0 Å². The maximum Gasteiger partial charge on any atom is 0.224 e. The number of hydrogen-bond donors (Lipinski definition) is 1. The van der Waals surface area contributed by atoms with E-state index in [1.54, 1.807) is 0 Å². The lowest BCUT2D eigenvalue weighted by atomic mass is 10.2. The Kier molecular flexibility index (Phi) is 4.95. The summed E-state index contributed by atoms with van der Waals surface area (Å²) >= 11 is 3.43. The lowest BCUT2D eigenvalue weighted by Crippen LogP contribution is -2.05. The molecule has 0 aliphatic carbocycles. The second kappa shape index (κ2) is 6.70. The lowest BCUT2D eigenvalue weighted by molar-refractivity contribution is 0.457. The van der Waals surface area contributed by atoms with Crippen molar-refractivity contribution in [2.75, 3.05) is 11.9 Å². The van der Waals surface area contributed by atoms with Gasteiger partial charge in [0, 0.05) is 23.0 Å². The summed E-state index contributed by atoms with van der Waals surface area (Å²) in [5.41, 5.74) is 0. The maximum absolute atomic E-state index is 5.82. The average Bonchev–Trinajstić information content (AvgIpc) is 2.38. The van der Waals surface area contributed by atoms with Crippen LogP contribution in [-0.4, -0.2) is 16.5 Å². The molecule has 0 amide bonds. The van der Waals surface area contributed by atoms with Crippen LogP contribution in [0.5, 0.6) is 11.6 Å². The predicted octanol–water partition coefficient (Wildman–Crippen LogP) is 4.59. The molecule has 0 aliphatic heterocycles. The molecule has 0 aliphatic rings. The van der Waals surface area contributed by atoms with Crippen molar-refractivity contribution >= 4 is 21.7 Å². The van der Waals surface area contributed by atoms with Gasteiger partial charge in [0.15, 0.2) is 0 Å². The Bertz CT molecular complexity index is 587. The molecule has 1 N–H and O–H groups in total.